The first-order valence-electron chi connectivity index (χ1n) is 8.26. The van der Waals surface area contributed by atoms with Gasteiger partial charge in [-0.3, -0.25) is 9.59 Å². The summed E-state index contributed by atoms with van der Waals surface area (Å²) in [4.78, 5) is 27.8. The molecule has 0 aromatic carbocycles. The van der Waals surface area contributed by atoms with Crippen molar-refractivity contribution in [2.45, 2.75) is 47.6 Å². The molecule has 2 heterocycles. The van der Waals surface area contributed by atoms with Crippen LogP contribution >= 0.6 is 0 Å². The summed E-state index contributed by atoms with van der Waals surface area (Å²) >= 11 is 0. The maximum Gasteiger partial charge on any atom is 0.219 e. The monoisotopic (exact) mass is 310 g/mol. The Morgan fingerprint density at radius 2 is 1.14 bits per heavy atom. The van der Waals surface area contributed by atoms with E-state index in [2.05, 4.69) is 27.7 Å². The number of hydrogen-bond acceptors (Lipinski definition) is 3. The zero-order valence-corrected chi connectivity index (χ0v) is 14.7. The van der Waals surface area contributed by atoms with Gasteiger partial charge in [0.25, 0.3) is 0 Å². The van der Waals surface area contributed by atoms with Gasteiger partial charge in [0.1, 0.15) is 0 Å². The van der Waals surface area contributed by atoms with Crippen LogP contribution in [0.25, 0.3) is 0 Å². The quantitative estimate of drug-likeness (QED) is 0.837. The standard InChI is InChI=1S/C17H30N2O3/c1-11(2)16-7-18(13(5)20)9-17(12(3)4,15(16)22)10-19(8-16)14(6)21/h11-12,15,22H,7-10H2,1-6H3. The molecule has 0 aromatic heterocycles. The highest BCUT2D eigenvalue weighted by Gasteiger charge is 2.62. The Morgan fingerprint density at radius 3 is 1.32 bits per heavy atom. The van der Waals surface area contributed by atoms with Gasteiger partial charge >= 0.3 is 0 Å². The number of amides is 2. The molecule has 22 heavy (non-hydrogen) atoms. The van der Waals surface area contributed by atoms with Crippen LogP contribution < -0.4 is 0 Å². The fourth-order valence-electron chi connectivity index (χ4n) is 4.36. The fourth-order valence-corrected chi connectivity index (χ4v) is 4.36. The van der Waals surface area contributed by atoms with Crippen LogP contribution in [0.15, 0.2) is 0 Å². The zero-order chi connectivity index (χ0) is 16.9. The van der Waals surface area contributed by atoms with Gasteiger partial charge in [0, 0.05) is 50.9 Å². The SMILES string of the molecule is CC(=O)N1CC2(C(C)C)CN(C(C)=O)CC(C(C)C)(C1)C2O. The first-order valence-corrected chi connectivity index (χ1v) is 8.26. The molecule has 0 aliphatic carbocycles. The summed E-state index contributed by atoms with van der Waals surface area (Å²) in [5.41, 5.74) is -0.893. The van der Waals surface area contributed by atoms with Crippen molar-refractivity contribution in [2.24, 2.45) is 22.7 Å². The lowest BCUT2D eigenvalue weighted by Crippen LogP contribution is -2.75. The molecule has 0 saturated carbocycles. The van der Waals surface area contributed by atoms with Gasteiger partial charge in [-0.15, -0.1) is 0 Å². The van der Waals surface area contributed by atoms with E-state index in [9.17, 15) is 14.7 Å². The second-order valence-electron chi connectivity index (χ2n) is 7.93. The minimum absolute atomic E-state index is 0.0539. The van der Waals surface area contributed by atoms with Crippen molar-refractivity contribution in [3.05, 3.63) is 0 Å². The predicted molar refractivity (Wildman–Crippen MR) is 85.1 cm³/mol. The van der Waals surface area contributed by atoms with Crippen LogP contribution in [0.5, 0.6) is 0 Å². The topological polar surface area (TPSA) is 60.9 Å². The Hall–Kier alpha value is -1.10. The molecule has 0 unspecified atom stereocenters. The van der Waals surface area contributed by atoms with Crippen LogP contribution in [0.1, 0.15) is 41.5 Å². The minimum atomic E-state index is -0.494. The Balaban J connectivity index is 2.56. The van der Waals surface area contributed by atoms with E-state index in [1.54, 1.807) is 13.8 Å². The Kier molecular flexibility index (Phi) is 4.33. The van der Waals surface area contributed by atoms with Crippen LogP contribution in [-0.4, -0.2) is 59.0 Å². The van der Waals surface area contributed by atoms with Gasteiger partial charge in [-0.2, -0.15) is 0 Å². The van der Waals surface area contributed by atoms with E-state index in [4.69, 9.17) is 0 Å². The van der Waals surface area contributed by atoms with E-state index >= 15 is 0 Å². The molecule has 2 aliphatic rings. The Morgan fingerprint density at radius 1 is 0.864 bits per heavy atom. The molecule has 2 fully saturated rings. The molecule has 1 N–H and O–H groups in total. The number of nitrogens with zero attached hydrogens (tertiary/aromatic N) is 2. The summed E-state index contributed by atoms with van der Waals surface area (Å²) in [6, 6.07) is 0. The molecule has 2 saturated heterocycles. The third-order valence-electron chi connectivity index (χ3n) is 6.22. The molecule has 5 heteroatoms. The summed E-state index contributed by atoms with van der Waals surface area (Å²) < 4.78 is 0. The van der Waals surface area contributed by atoms with Gasteiger partial charge in [0.2, 0.25) is 11.8 Å². The van der Waals surface area contributed by atoms with Gasteiger partial charge in [-0.05, 0) is 11.8 Å². The number of likely N-dealkylation sites (tertiary alicyclic amines) is 2. The molecule has 0 radical (unpaired) electrons. The van der Waals surface area contributed by atoms with Crippen molar-refractivity contribution in [1.82, 2.24) is 9.80 Å². The number of hydrogen-bond donors (Lipinski definition) is 1. The molecular formula is C17H30N2O3. The van der Waals surface area contributed by atoms with Crippen molar-refractivity contribution in [3.8, 4) is 0 Å². The number of carbonyl (C=O) groups excluding carboxylic acids is 2. The van der Waals surface area contributed by atoms with Gasteiger partial charge in [-0.1, -0.05) is 27.7 Å². The third kappa shape index (κ3) is 2.34. The molecule has 0 atom stereocenters. The fraction of sp³-hybridized carbons (Fsp3) is 0.882. The molecular weight excluding hydrogens is 280 g/mol. The predicted octanol–water partition coefficient (Wildman–Crippen LogP) is 1.36. The van der Waals surface area contributed by atoms with Crippen LogP contribution in [-0.2, 0) is 9.59 Å². The van der Waals surface area contributed by atoms with E-state index in [1.807, 2.05) is 9.80 Å². The summed E-state index contributed by atoms with van der Waals surface area (Å²) in [5.74, 6) is 0.478. The smallest absolute Gasteiger partial charge is 0.219 e. The second-order valence-corrected chi connectivity index (χ2v) is 7.93. The highest BCUT2D eigenvalue weighted by molar-refractivity contribution is 5.75. The molecule has 126 valence electrons. The molecule has 0 aromatic rings. The highest BCUT2D eigenvalue weighted by Crippen LogP contribution is 2.52. The maximum atomic E-state index is 12.0. The normalized spacial score (nSPS) is 35.2. The minimum Gasteiger partial charge on any atom is -0.392 e. The van der Waals surface area contributed by atoms with Crippen molar-refractivity contribution in [3.63, 3.8) is 0 Å². The van der Waals surface area contributed by atoms with Crippen LogP contribution in [0.3, 0.4) is 0 Å². The lowest BCUT2D eigenvalue weighted by atomic mass is 9.54. The summed E-state index contributed by atoms with van der Waals surface area (Å²) in [6.07, 6.45) is -0.494. The third-order valence-corrected chi connectivity index (χ3v) is 6.22. The Labute approximate surface area is 133 Å². The molecule has 2 amide bonds. The van der Waals surface area contributed by atoms with E-state index in [-0.39, 0.29) is 23.7 Å². The number of fused-ring (bicyclic) bond motifs is 2. The highest BCUT2D eigenvalue weighted by atomic mass is 16.3. The summed E-state index contributed by atoms with van der Waals surface area (Å²) in [7, 11) is 0. The van der Waals surface area contributed by atoms with Gasteiger partial charge in [0.15, 0.2) is 0 Å². The van der Waals surface area contributed by atoms with Gasteiger partial charge in [0.05, 0.1) is 6.10 Å². The van der Waals surface area contributed by atoms with Crippen molar-refractivity contribution >= 4 is 11.8 Å². The first-order chi connectivity index (χ1) is 10.1. The largest absolute Gasteiger partial charge is 0.392 e. The molecule has 2 bridgehead atoms. The summed E-state index contributed by atoms with van der Waals surface area (Å²) in [6.45, 7) is 13.6. The van der Waals surface area contributed by atoms with Crippen molar-refractivity contribution in [1.29, 1.82) is 0 Å². The van der Waals surface area contributed by atoms with Crippen LogP contribution in [0, 0.1) is 22.7 Å². The van der Waals surface area contributed by atoms with E-state index in [0.717, 1.165) is 0 Å². The lowest BCUT2D eigenvalue weighted by molar-refractivity contribution is -0.218. The molecule has 2 rings (SSSR count). The van der Waals surface area contributed by atoms with Gasteiger partial charge in [-0.25, -0.2) is 0 Å². The Bertz CT molecular complexity index is 419. The molecule has 2 aliphatic heterocycles. The van der Waals surface area contributed by atoms with E-state index in [1.165, 1.54) is 0 Å². The molecule has 5 nitrogen and oxygen atoms in total. The van der Waals surface area contributed by atoms with E-state index < -0.39 is 16.9 Å². The average molecular weight is 310 g/mol. The van der Waals surface area contributed by atoms with Crippen molar-refractivity contribution in [2.75, 3.05) is 26.2 Å². The number of aliphatic hydroxyl groups excluding tert-OH is 1. The maximum absolute atomic E-state index is 12.0. The average Bonchev–Trinajstić information content (AvgIpc) is 2.37. The van der Waals surface area contributed by atoms with Crippen LogP contribution in [0.2, 0.25) is 0 Å². The lowest BCUT2D eigenvalue weighted by Gasteiger charge is -2.64. The molecule has 0 spiro atoms. The van der Waals surface area contributed by atoms with Crippen molar-refractivity contribution < 1.29 is 14.7 Å². The summed E-state index contributed by atoms with van der Waals surface area (Å²) in [5, 5.41) is 11.3. The number of carbonyl (C=O) groups is 2. The van der Waals surface area contributed by atoms with Gasteiger partial charge < -0.3 is 14.9 Å². The van der Waals surface area contributed by atoms with Crippen LogP contribution in [0.4, 0.5) is 0 Å². The first kappa shape index (κ1) is 17.3. The number of piperidine rings is 2. The zero-order valence-electron chi connectivity index (χ0n) is 14.7. The van der Waals surface area contributed by atoms with E-state index in [0.29, 0.717) is 26.2 Å². The number of aliphatic hydroxyl groups is 1. The second kappa shape index (κ2) is 5.52. The number of rotatable bonds is 2.